The zero-order chi connectivity index (χ0) is 15.5. The third-order valence-electron chi connectivity index (χ3n) is 2.95. The molecule has 0 amide bonds. The Bertz CT molecular complexity index is 715. The van der Waals surface area contributed by atoms with Gasteiger partial charge in [0.15, 0.2) is 0 Å². The van der Waals surface area contributed by atoms with Crippen LogP contribution in [0.4, 0.5) is 0 Å². The Labute approximate surface area is 124 Å². The van der Waals surface area contributed by atoms with E-state index in [1.165, 1.54) is 12.1 Å². The second kappa shape index (κ2) is 6.24. The molecule has 2 N–H and O–H groups in total. The summed E-state index contributed by atoms with van der Waals surface area (Å²) in [5, 5.41) is 9.54. The number of aryl methyl sites for hydroxylation is 1. The van der Waals surface area contributed by atoms with Crippen molar-refractivity contribution < 1.29 is 13.5 Å². The molecule has 2 aromatic rings. The summed E-state index contributed by atoms with van der Waals surface area (Å²) in [5.74, 6) is 0. The maximum Gasteiger partial charge on any atom is 0.282 e. The molecule has 0 spiro atoms. The van der Waals surface area contributed by atoms with Gasteiger partial charge in [0.05, 0.1) is 22.4 Å². The molecule has 2 rings (SSSR count). The van der Waals surface area contributed by atoms with Crippen LogP contribution in [0.1, 0.15) is 24.6 Å². The van der Waals surface area contributed by atoms with Crippen LogP contribution in [-0.2, 0) is 10.0 Å². The van der Waals surface area contributed by atoms with Crippen LogP contribution in [0.25, 0.3) is 0 Å². The zero-order valence-corrected chi connectivity index (χ0v) is 12.8. The Morgan fingerprint density at radius 2 is 1.95 bits per heavy atom. The molecule has 1 aromatic heterocycles. The van der Waals surface area contributed by atoms with E-state index in [0.717, 1.165) is 5.56 Å². The van der Waals surface area contributed by atoms with Gasteiger partial charge in [-0.1, -0.05) is 17.7 Å². The topological polar surface area (TPSA) is 82.5 Å². The minimum absolute atomic E-state index is 0.141. The third kappa shape index (κ3) is 4.03. The smallest absolute Gasteiger partial charge is 0.282 e. The van der Waals surface area contributed by atoms with Gasteiger partial charge in [-0.3, -0.25) is 0 Å². The van der Waals surface area contributed by atoms with Crippen molar-refractivity contribution in [2.45, 2.75) is 31.3 Å². The van der Waals surface area contributed by atoms with Crippen LogP contribution in [0.15, 0.2) is 51.9 Å². The highest BCUT2D eigenvalue weighted by Gasteiger charge is 2.17. The van der Waals surface area contributed by atoms with Crippen molar-refractivity contribution in [2.75, 3.05) is 0 Å². The van der Waals surface area contributed by atoms with Gasteiger partial charge in [-0.05, 0) is 38.1 Å². The maximum absolute atomic E-state index is 12.3. The van der Waals surface area contributed by atoms with E-state index in [1.54, 1.807) is 37.4 Å². The van der Waals surface area contributed by atoms with Crippen molar-refractivity contribution in [3.05, 3.63) is 53.9 Å². The number of sulfonamides is 1. The molecule has 1 aromatic carbocycles. The Hall–Kier alpha value is -1.92. The van der Waals surface area contributed by atoms with E-state index in [4.69, 9.17) is 0 Å². The molecule has 5 nitrogen and oxygen atoms in total. The van der Waals surface area contributed by atoms with Crippen LogP contribution < -0.4 is 0 Å². The molecule has 0 fully saturated rings. The van der Waals surface area contributed by atoms with E-state index < -0.39 is 16.1 Å². The van der Waals surface area contributed by atoms with Crippen LogP contribution in [0.5, 0.6) is 0 Å². The quantitative estimate of drug-likeness (QED) is 0.831. The predicted octanol–water partition coefficient (Wildman–Crippen LogP) is 2.27. The van der Waals surface area contributed by atoms with Gasteiger partial charge in [-0.25, -0.2) is 0 Å². The largest absolute Gasteiger partial charge is 0.393 e. The first-order valence-corrected chi connectivity index (χ1v) is 8.05. The molecular formula is C15H18N2O3S. The van der Waals surface area contributed by atoms with Crippen molar-refractivity contribution in [3.8, 4) is 0 Å². The van der Waals surface area contributed by atoms with Gasteiger partial charge in [-0.15, -0.1) is 0 Å². The predicted molar refractivity (Wildman–Crippen MR) is 82.0 cm³/mol. The van der Waals surface area contributed by atoms with Crippen LogP contribution in [0.2, 0.25) is 0 Å². The summed E-state index contributed by atoms with van der Waals surface area (Å²) in [6.07, 6.45) is 1.16. The Morgan fingerprint density at radius 3 is 2.48 bits per heavy atom. The third-order valence-corrected chi connectivity index (χ3v) is 4.28. The fourth-order valence-corrected chi connectivity index (χ4v) is 2.94. The first-order valence-electron chi connectivity index (χ1n) is 6.61. The van der Waals surface area contributed by atoms with Crippen molar-refractivity contribution in [2.24, 2.45) is 4.40 Å². The summed E-state index contributed by atoms with van der Waals surface area (Å²) in [4.78, 5) is 3.06. The van der Waals surface area contributed by atoms with E-state index in [1.807, 2.05) is 6.92 Å². The van der Waals surface area contributed by atoms with Crippen LogP contribution >= 0.6 is 0 Å². The number of aromatic nitrogens is 1. The number of H-pyrrole nitrogens is 1. The molecule has 0 radical (unpaired) electrons. The van der Waals surface area contributed by atoms with Gasteiger partial charge in [-0.2, -0.15) is 12.8 Å². The summed E-state index contributed by atoms with van der Waals surface area (Å²) in [6.45, 7) is 3.48. The van der Waals surface area contributed by atoms with E-state index in [-0.39, 0.29) is 11.3 Å². The molecule has 1 heterocycles. The lowest BCUT2D eigenvalue weighted by Gasteiger charge is -2.08. The minimum atomic E-state index is -3.79. The van der Waals surface area contributed by atoms with Crippen LogP contribution in [-0.4, -0.2) is 30.3 Å². The normalized spacial score (nSPS) is 14.1. The lowest BCUT2D eigenvalue weighted by molar-refractivity contribution is 0.203. The van der Waals surface area contributed by atoms with E-state index in [2.05, 4.69) is 9.38 Å². The Balaban J connectivity index is 2.43. The highest BCUT2D eigenvalue weighted by molar-refractivity contribution is 7.90. The second-order valence-corrected chi connectivity index (χ2v) is 6.57. The first kappa shape index (κ1) is 15.5. The molecule has 112 valence electrons. The number of rotatable bonds is 5. The van der Waals surface area contributed by atoms with Crippen molar-refractivity contribution in [3.63, 3.8) is 0 Å². The number of benzene rings is 1. The fourth-order valence-electron chi connectivity index (χ4n) is 1.89. The average molecular weight is 306 g/mol. The number of nitrogens with zero attached hydrogens (tertiary/aromatic N) is 1. The molecule has 0 unspecified atom stereocenters. The van der Waals surface area contributed by atoms with E-state index in [9.17, 15) is 13.5 Å². The molecule has 0 aliphatic carbocycles. The van der Waals surface area contributed by atoms with E-state index >= 15 is 0 Å². The summed E-state index contributed by atoms with van der Waals surface area (Å²) in [6, 6.07) is 10.00. The lowest BCUT2D eigenvalue weighted by atomic mass is 10.1. The van der Waals surface area contributed by atoms with Crippen LogP contribution in [0.3, 0.4) is 0 Å². The SMILES string of the molecule is Cc1ccc(S(=O)(=O)/N=C(\C[C@@H](C)O)c2ccc[nH]2)cc1. The van der Waals surface area contributed by atoms with E-state index in [0.29, 0.717) is 11.4 Å². The van der Waals surface area contributed by atoms with Crippen molar-refractivity contribution in [1.29, 1.82) is 0 Å². The number of aliphatic hydroxyl groups is 1. The number of aromatic amines is 1. The van der Waals surface area contributed by atoms with Crippen LogP contribution in [0, 0.1) is 6.92 Å². The molecule has 21 heavy (non-hydrogen) atoms. The molecule has 6 heteroatoms. The molecule has 0 aliphatic heterocycles. The number of hydrogen-bond donors (Lipinski definition) is 2. The molecule has 0 bridgehead atoms. The standard InChI is InChI=1S/C15H18N2O3S/c1-11-5-7-13(8-6-11)21(19,20)17-15(10-12(2)18)14-4-3-9-16-14/h3-9,12,16,18H,10H2,1-2H3/b17-15+/t12-/m1/s1. The number of aliphatic hydroxyl groups excluding tert-OH is 1. The van der Waals surface area contributed by atoms with Gasteiger partial charge >= 0.3 is 0 Å². The highest BCUT2D eigenvalue weighted by atomic mass is 32.2. The highest BCUT2D eigenvalue weighted by Crippen LogP contribution is 2.16. The summed E-state index contributed by atoms with van der Waals surface area (Å²) in [7, 11) is -3.79. The molecule has 0 saturated heterocycles. The van der Waals surface area contributed by atoms with Gasteiger partial charge in [0.25, 0.3) is 10.0 Å². The summed E-state index contributed by atoms with van der Waals surface area (Å²) >= 11 is 0. The van der Waals surface area contributed by atoms with Crippen molar-refractivity contribution in [1.82, 2.24) is 4.98 Å². The van der Waals surface area contributed by atoms with Gasteiger partial charge < -0.3 is 10.1 Å². The second-order valence-electron chi connectivity index (χ2n) is 4.96. The minimum Gasteiger partial charge on any atom is -0.393 e. The average Bonchev–Trinajstić information content (AvgIpc) is 2.91. The summed E-state index contributed by atoms with van der Waals surface area (Å²) < 4.78 is 28.6. The monoisotopic (exact) mass is 306 g/mol. The lowest BCUT2D eigenvalue weighted by Crippen LogP contribution is -2.13. The molecule has 1 atom stereocenters. The fraction of sp³-hybridized carbons (Fsp3) is 0.267. The number of nitrogens with one attached hydrogen (secondary N) is 1. The zero-order valence-electron chi connectivity index (χ0n) is 11.9. The van der Waals surface area contributed by atoms with Gasteiger partial charge in [0.2, 0.25) is 0 Å². The Morgan fingerprint density at radius 1 is 1.29 bits per heavy atom. The van der Waals surface area contributed by atoms with Gasteiger partial charge in [0.1, 0.15) is 0 Å². The molecule has 0 aliphatic rings. The summed E-state index contributed by atoms with van der Waals surface area (Å²) in [5.41, 5.74) is 1.88. The van der Waals surface area contributed by atoms with Crippen molar-refractivity contribution >= 4 is 15.7 Å². The first-order chi connectivity index (χ1) is 9.88. The molecule has 0 saturated carbocycles. The van der Waals surface area contributed by atoms with Gasteiger partial charge in [0, 0.05) is 12.6 Å². The number of hydrogen-bond acceptors (Lipinski definition) is 3. The molecular weight excluding hydrogens is 288 g/mol. The Kier molecular flexibility index (Phi) is 4.59. The maximum atomic E-state index is 12.3.